The first-order chi connectivity index (χ1) is 6.72. The molecule has 0 aliphatic carbocycles. The zero-order valence-electron chi connectivity index (χ0n) is 8.81. The van der Waals surface area contributed by atoms with Crippen molar-refractivity contribution in [2.75, 3.05) is 13.7 Å². The standard InChI is InChI=1S/C10H18N2O2/c1-12-8-9(7-11-12)3-4-10(13)5-6-14-2/h7-8,10,13H,3-6H2,1-2H3. The van der Waals surface area contributed by atoms with Gasteiger partial charge in [-0.15, -0.1) is 0 Å². The molecular weight excluding hydrogens is 180 g/mol. The van der Waals surface area contributed by atoms with Crippen molar-refractivity contribution in [1.29, 1.82) is 0 Å². The number of rotatable bonds is 6. The van der Waals surface area contributed by atoms with Gasteiger partial charge in [0.2, 0.25) is 0 Å². The first kappa shape index (κ1) is 11.2. The predicted octanol–water partition coefficient (Wildman–Crippen LogP) is 0.750. The zero-order valence-corrected chi connectivity index (χ0v) is 8.81. The Morgan fingerprint density at radius 3 is 2.93 bits per heavy atom. The van der Waals surface area contributed by atoms with E-state index in [-0.39, 0.29) is 6.10 Å². The highest BCUT2D eigenvalue weighted by Crippen LogP contribution is 2.06. The van der Waals surface area contributed by atoms with Crippen molar-refractivity contribution in [3.8, 4) is 0 Å². The molecule has 4 nitrogen and oxygen atoms in total. The smallest absolute Gasteiger partial charge is 0.0565 e. The Hall–Kier alpha value is -0.870. The van der Waals surface area contributed by atoms with Crippen molar-refractivity contribution in [3.63, 3.8) is 0 Å². The molecule has 0 fully saturated rings. The first-order valence-corrected chi connectivity index (χ1v) is 4.87. The van der Waals surface area contributed by atoms with E-state index >= 15 is 0 Å². The molecular formula is C10H18N2O2. The van der Waals surface area contributed by atoms with Crippen molar-refractivity contribution < 1.29 is 9.84 Å². The Kier molecular flexibility index (Phi) is 4.62. The van der Waals surface area contributed by atoms with Gasteiger partial charge in [-0.3, -0.25) is 4.68 Å². The Balaban J connectivity index is 2.20. The summed E-state index contributed by atoms with van der Waals surface area (Å²) < 4.78 is 6.67. The fraction of sp³-hybridized carbons (Fsp3) is 0.700. The monoisotopic (exact) mass is 198 g/mol. The molecule has 0 radical (unpaired) electrons. The minimum Gasteiger partial charge on any atom is -0.393 e. The van der Waals surface area contributed by atoms with Gasteiger partial charge in [0.15, 0.2) is 0 Å². The summed E-state index contributed by atoms with van der Waals surface area (Å²) in [5.74, 6) is 0. The van der Waals surface area contributed by atoms with E-state index in [1.165, 1.54) is 5.56 Å². The fourth-order valence-electron chi connectivity index (χ4n) is 1.33. The Bertz CT molecular complexity index is 260. The topological polar surface area (TPSA) is 47.3 Å². The Morgan fingerprint density at radius 1 is 1.57 bits per heavy atom. The number of aliphatic hydroxyl groups excluding tert-OH is 1. The van der Waals surface area contributed by atoms with Gasteiger partial charge in [0.25, 0.3) is 0 Å². The van der Waals surface area contributed by atoms with Crippen LogP contribution in [0.5, 0.6) is 0 Å². The van der Waals surface area contributed by atoms with E-state index in [2.05, 4.69) is 5.10 Å². The van der Waals surface area contributed by atoms with Crippen LogP contribution in [0.15, 0.2) is 12.4 Å². The van der Waals surface area contributed by atoms with Gasteiger partial charge in [-0.2, -0.15) is 5.10 Å². The Labute approximate surface area is 84.5 Å². The van der Waals surface area contributed by atoms with E-state index in [1.54, 1.807) is 11.8 Å². The second-order valence-electron chi connectivity index (χ2n) is 3.50. The molecule has 1 rings (SSSR count). The number of hydrogen-bond donors (Lipinski definition) is 1. The van der Waals surface area contributed by atoms with E-state index in [1.807, 2.05) is 19.4 Å². The SMILES string of the molecule is COCCC(O)CCc1cnn(C)c1. The molecule has 1 aromatic rings. The maximum atomic E-state index is 9.54. The van der Waals surface area contributed by atoms with Crippen molar-refractivity contribution in [1.82, 2.24) is 9.78 Å². The van der Waals surface area contributed by atoms with E-state index < -0.39 is 0 Å². The van der Waals surface area contributed by atoms with E-state index in [9.17, 15) is 5.11 Å². The second kappa shape index (κ2) is 5.78. The van der Waals surface area contributed by atoms with Crippen molar-refractivity contribution in [2.24, 2.45) is 7.05 Å². The van der Waals surface area contributed by atoms with Crippen LogP contribution in [0.2, 0.25) is 0 Å². The third kappa shape index (κ3) is 3.89. The number of nitrogens with zero attached hydrogens (tertiary/aromatic N) is 2. The average Bonchev–Trinajstić information content (AvgIpc) is 2.58. The van der Waals surface area contributed by atoms with Gasteiger partial charge in [-0.05, 0) is 24.8 Å². The molecule has 0 aliphatic rings. The minimum atomic E-state index is -0.268. The molecule has 80 valence electrons. The number of aryl methyl sites for hydroxylation is 2. The lowest BCUT2D eigenvalue weighted by molar-refractivity contribution is 0.104. The molecule has 0 bridgehead atoms. The van der Waals surface area contributed by atoms with Crippen LogP contribution in [0.1, 0.15) is 18.4 Å². The van der Waals surface area contributed by atoms with Gasteiger partial charge in [0, 0.05) is 27.0 Å². The third-order valence-electron chi connectivity index (χ3n) is 2.18. The summed E-state index contributed by atoms with van der Waals surface area (Å²) in [5, 5.41) is 13.6. The maximum absolute atomic E-state index is 9.54. The lowest BCUT2D eigenvalue weighted by Gasteiger charge is -2.08. The molecule has 14 heavy (non-hydrogen) atoms. The van der Waals surface area contributed by atoms with Gasteiger partial charge in [0.05, 0.1) is 12.3 Å². The molecule has 0 aromatic carbocycles. The maximum Gasteiger partial charge on any atom is 0.0565 e. The molecule has 0 saturated heterocycles. The summed E-state index contributed by atoms with van der Waals surface area (Å²) in [6.45, 7) is 0.619. The summed E-state index contributed by atoms with van der Waals surface area (Å²) in [6, 6.07) is 0. The number of aromatic nitrogens is 2. The normalized spacial score (nSPS) is 13.1. The zero-order chi connectivity index (χ0) is 10.4. The number of methoxy groups -OCH3 is 1. The quantitative estimate of drug-likeness (QED) is 0.733. The molecule has 0 saturated carbocycles. The first-order valence-electron chi connectivity index (χ1n) is 4.87. The predicted molar refractivity (Wildman–Crippen MR) is 54.0 cm³/mol. The van der Waals surface area contributed by atoms with E-state index in [4.69, 9.17) is 4.74 Å². The van der Waals surface area contributed by atoms with Crippen LogP contribution in [0.25, 0.3) is 0 Å². The lowest BCUT2D eigenvalue weighted by Crippen LogP contribution is -2.10. The van der Waals surface area contributed by atoms with Crippen molar-refractivity contribution in [2.45, 2.75) is 25.4 Å². The van der Waals surface area contributed by atoms with Gasteiger partial charge in [0.1, 0.15) is 0 Å². The van der Waals surface area contributed by atoms with Gasteiger partial charge >= 0.3 is 0 Å². The van der Waals surface area contributed by atoms with Crippen LogP contribution < -0.4 is 0 Å². The van der Waals surface area contributed by atoms with Gasteiger partial charge in [-0.25, -0.2) is 0 Å². The van der Waals surface area contributed by atoms with Crippen LogP contribution >= 0.6 is 0 Å². The van der Waals surface area contributed by atoms with Crippen molar-refractivity contribution in [3.05, 3.63) is 18.0 Å². The van der Waals surface area contributed by atoms with Crippen LogP contribution in [-0.2, 0) is 18.2 Å². The van der Waals surface area contributed by atoms with Gasteiger partial charge < -0.3 is 9.84 Å². The molecule has 1 N–H and O–H groups in total. The van der Waals surface area contributed by atoms with Crippen LogP contribution in [0.4, 0.5) is 0 Å². The molecule has 0 spiro atoms. The Morgan fingerprint density at radius 2 is 2.36 bits per heavy atom. The molecule has 0 amide bonds. The lowest BCUT2D eigenvalue weighted by atomic mass is 10.1. The highest BCUT2D eigenvalue weighted by Gasteiger charge is 2.04. The van der Waals surface area contributed by atoms with E-state index in [0.717, 1.165) is 12.8 Å². The summed E-state index contributed by atoms with van der Waals surface area (Å²) in [6.07, 6.45) is 5.89. The minimum absolute atomic E-state index is 0.268. The van der Waals surface area contributed by atoms with Crippen LogP contribution in [0.3, 0.4) is 0 Å². The summed E-state index contributed by atoms with van der Waals surface area (Å²) >= 11 is 0. The highest BCUT2D eigenvalue weighted by molar-refractivity contribution is 5.03. The van der Waals surface area contributed by atoms with E-state index in [0.29, 0.717) is 13.0 Å². The highest BCUT2D eigenvalue weighted by atomic mass is 16.5. The van der Waals surface area contributed by atoms with Crippen LogP contribution in [0, 0.1) is 0 Å². The third-order valence-corrected chi connectivity index (χ3v) is 2.18. The molecule has 0 aliphatic heterocycles. The summed E-state index contributed by atoms with van der Waals surface area (Å²) in [4.78, 5) is 0. The molecule has 1 aromatic heterocycles. The number of ether oxygens (including phenoxy) is 1. The van der Waals surface area contributed by atoms with Crippen LogP contribution in [-0.4, -0.2) is 34.7 Å². The summed E-state index contributed by atoms with van der Waals surface area (Å²) in [5.41, 5.74) is 1.17. The molecule has 1 atom stereocenters. The fourth-order valence-corrected chi connectivity index (χ4v) is 1.33. The molecule has 1 heterocycles. The average molecular weight is 198 g/mol. The van der Waals surface area contributed by atoms with Crippen molar-refractivity contribution >= 4 is 0 Å². The second-order valence-corrected chi connectivity index (χ2v) is 3.50. The number of aliphatic hydroxyl groups is 1. The number of hydrogen-bond acceptors (Lipinski definition) is 3. The largest absolute Gasteiger partial charge is 0.393 e. The summed E-state index contributed by atoms with van der Waals surface area (Å²) in [7, 11) is 3.54. The molecule has 4 heteroatoms. The van der Waals surface area contributed by atoms with Gasteiger partial charge in [-0.1, -0.05) is 0 Å². The molecule has 1 unspecified atom stereocenters.